The molecule has 0 radical (unpaired) electrons. The van der Waals surface area contributed by atoms with Crippen LogP contribution in [0, 0.1) is 13.7 Å². The van der Waals surface area contributed by atoms with Crippen molar-refractivity contribution in [1.29, 1.82) is 0 Å². The Morgan fingerprint density at radius 2 is 2.27 bits per heavy atom. The van der Waals surface area contributed by atoms with Gasteiger partial charge in [-0.05, 0) is 38.6 Å². The van der Waals surface area contributed by atoms with E-state index in [1.165, 1.54) is 0 Å². The van der Waals surface area contributed by atoms with Gasteiger partial charge >= 0.3 is 5.82 Å². The van der Waals surface area contributed by atoms with Gasteiger partial charge in [0.2, 0.25) is 0 Å². The van der Waals surface area contributed by atoms with Crippen LogP contribution in [0.25, 0.3) is 0 Å². The second-order valence-electron chi connectivity index (χ2n) is 2.52. The molecular formula is C7H4ClF2IN2O2. The van der Waals surface area contributed by atoms with Crippen LogP contribution >= 0.6 is 34.2 Å². The second kappa shape index (κ2) is 4.97. The van der Waals surface area contributed by atoms with Crippen molar-refractivity contribution in [3.8, 4) is 0 Å². The summed E-state index contributed by atoms with van der Waals surface area (Å²) in [5.74, 6) is -0.729. The van der Waals surface area contributed by atoms with Gasteiger partial charge in [0, 0.05) is 0 Å². The van der Waals surface area contributed by atoms with Crippen LogP contribution in [0.2, 0.25) is 0 Å². The molecule has 0 fully saturated rings. The van der Waals surface area contributed by atoms with E-state index >= 15 is 0 Å². The highest BCUT2D eigenvalue weighted by atomic mass is 127. The number of rotatable bonds is 3. The van der Waals surface area contributed by atoms with E-state index in [1.807, 2.05) is 0 Å². The Labute approximate surface area is 102 Å². The van der Waals surface area contributed by atoms with Crippen molar-refractivity contribution in [2.45, 2.75) is 12.3 Å². The highest BCUT2D eigenvalue weighted by molar-refractivity contribution is 14.1. The summed E-state index contributed by atoms with van der Waals surface area (Å²) in [6.45, 7) is 0. The first-order valence-electron chi connectivity index (χ1n) is 3.65. The molecule has 0 amide bonds. The number of nitrogens with zero attached hydrogens (tertiary/aromatic N) is 2. The molecule has 8 heteroatoms. The minimum atomic E-state index is -2.74. The number of alkyl halides is 3. The van der Waals surface area contributed by atoms with Crippen molar-refractivity contribution in [1.82, 2.24) is 4.98 Å². The van der Waals surface area contributed by atoms with Gasteiger partial charge in [-0.3, -0.25) is 0 Å². The van der Waals surface area contributed by atoms with Crippen LogP contribution in [0.5, 0.6) is 0 Å². The molecular weight excluding hydrogens is 344 g/mol. The van der Waals surface area contributed by atoms with Crippen LogP contribution in [0.1, 0.15) is 17.7 Å². The minimum absolute atomic E-state index is 0.0711. The molecule has 0 spiro atoms. The molecule has 0 N–H and O–H groups in total. The topological polar surface area (TPSA) is 56.0 Å². The van der Waals surface area contributed by atoms with Crippen LogP contribution in [0.3, 0.4) is 0 Å². The lowest BCUT2D eigenvalue weighted by molar-refractivity contribution is -0.390. The third kappa shape index (κ3) is 2.71. The first-order chi connectivity index (χ1) is 6.97. The smallest absolute Gasteiger partial charge is 0.358 e. The molecule has 0 saturated heterocycles. The van der Waals surface area contributed by atoms with Gasteiger partial charge in [-0.15, -0.1) is 11.6 Å². The standard InChI is InChI=1S/C7H4ClF2IN2O2/c8-2-5-3(6(9)10)1-4(11)7(12-5)13(14)15/h1,6H,2H2. The van der Waals surface area contributed by atoms with Crippen molar-refractivity contribution in [3.05, 3.63) is 31.0 Å². The Balaban J connectivity index is 3.35. The molecule has 0 aliphatic carbocycles. The van der Waals surface area contributed by atoms with Crippen molar-refractivity contribution < 1.29 is 13.7 Å². The van der Waals surface area contributed by atoms with Crippen molar-refractivity contribution >= 4 is 40.0 Å². The third-order valence-corrected chi connectivity index (χ3v) is 2.65. The zero-order valence-corrected chi connectivity index (χ0v) is 10.00. The highest BCUT2D eigenvalue weighted by Gasteiger charge is 2.24. The fourth-order valence-corrected chi connectivity index (χ4v) is 1.82. The summed E-state index contributed by atoms with van der Waals surface area (Å²) in [4.78, 5) is 13.2. The fourth-order valence-electron chi connectivity index (χ4n) is 0.954. The van der Waals surface area contributed by atoms with E-state index in [4.69, 9.17) is 11.6 Å². The van der Waals surface area contributed by atoms with Crippen LogP contribution in [-0.4, -0.2) is 9.91 Å². The molecule has 1 rings (SSSR count). The number of nitro groups is 1. The lowest BCUT2D eigenvalue weighted by Gasteiger charge is -2.03. The molecule has 1 aromatic rings. The monoisotopic (exact) mass is 348 g/mol. The quantitative estimate of drug-likeness (QED) is 0.365. The van der Waals surface area contributed by atoms with Crippen molar-refractivity contribution in [3.63, 3.8) is 0 Å². The molecule has 0 aliphatic heterocycles. The minimum Gasteiger partial charge on any atom is -0.358 e. The van der Waals surface area contributed by atoms with Crippen LogP contribution in [-0.2, 0) is 5.88 Å². The summed E-state index contributed by atoms with van der Waals surface area (Å²) in [6, 6.07) is 1.04. The van der Waals surface area contributed by atoms with Gasteiger partial charge in [0.05, 0.1) is 11.4 Å². The van der Waals surface area contributed by atoms with Gasteiger partial charge in [0.1, 0.15) is 3.57 Å². The predicted molar refractivity (Wildman–Crippen MR) is 58.1 cm³/mol. The average molecular weight is 348 g/mol. The lowest BCUT2D eigenvalue weighted by Crippen LogP contribution is -2.03. The number of hydrogen-bond acceptors (Lipinski definition) is 3. The Bertz CT molecular complexity index is 403. The maximum atomic E-state index is 12.5. The van der Waals surface area contributed by atoms with E-state index in [-0.39, 0.29) is 20.7 Å². The van der Waals surface area contributed by atoms with Gasteiger partial charge < -0.3 is 10.1 Å². The summed E-state index contributed by atoms with van der Waals surface area (Å²) in [5, 5.41) is 10.5. The molecule has 0 bridgehead atoms. The van der Waals surface area contributed by atoms with Crippen molar-refractivity contribution in [2.24, 2.45) is 0 Å². The van der Waals surface area contributed by atoms with Gasteiger partial charge in [0.15, 0.2) is 5.69 Å². The Hall–Kier alpha value is -0.570. The summed E-state index contributed by atoms with van der Waals surface area (Å²) in [7, 11) is 0. The molecule has 82 valence electrons. The summed E-state index contributed by atoms with van der Waals surface area (Å²) in [6.07, 6.45) is -2.74. The van der Waals surface area contributed by atoms with E-state index in [1.54, 1.807) is 22.6 Å². The molecule has 1 aromatic heterocycles. The van der Waals surface area contributed by atoms with E-state index in [9.17, 15) is 18.9 Å². The molecule has 0 aliphatic rings. The SMILES string of the molecule is O=[N+]([O-])c1nc(CCl)c(C(F)F)cc1I. The van der Waals surface area contributed by atoms with Crippen LogP contribution < -0.4 is 0 Å². The Morgan fingerprint density at radius 1 is 1.67 bits per heavy atom. The Kier molecular flexibility index (Phi) is 4.14. The normalized spacial score (nSPS) is 10.7. The van der Waals surface area contributed by atoms with Crippen molar-refractivity contribution in [2.75, 3.05) is 0 Å². The van der Waals surface area contributed by atoms with Crippen LogP contribution in [0.15, 0.2) is 6.07 Å². The zero-order valence-electron chi connectivity index (χ0n) is 7.08. The average Bonchev–Trinajstić information content (AvgIpc) is 2.16. The van der Waals surface area contributed by atoms with E-state index in [0.717, 1.165) is 6.07 Å². The summed E-state index contributed by atoms with van der Waals surface area (Å²) >= 11 is 6.97. The largest absolute Gasteiger partial charge is 0.377 e. The first kappa shape index (κ1) is 12.5. The van der Waals surface area contributed by atoms with Gasteiger partial charge in [-0.2, -0.15) is 0 Å². The molecule has 0 aromatic carbocycles. The summed E-state index contributed by atoms with van der Waals surface area (Å²) < 4.78 is 25.0. The van der Waals surface area contributed by atoms with Crippen LogP contribution in [0.4, 0.5) is 14.6 Å². The maximum absolute atomic E-state index is 12.5. The molecule has 4 nitrogen and oxygen atoms in total. The molecule has 0 saturated carbocycles. The summed E-state index contributed by atoms with van der Waals surface area (Å²) in [5.41, 5.74) is -0.515. The predicted octanol–water partition coefficient (Wildman–Crippen LogP) is 3.27. The highest BCUT2D eigenvalue weighted by Crippen LogP contribution is 2.28. The molecule has 15 heavy (non-hydrogen) atoms. The number of halogens is 4. The third-order valence-electron chi connectivity index (χ3n) is 1.60. The lowest BCUT2D eigenvalue weighted by atomic mass is 10.2. The molecule has 0 atom stereocenters. The molecule has 0 unspecified atom stereocenters. The van der Waals surface area contributed by atoms with E-state index in [2.05, 4.69) is 4.98 Å². The number of hydrogen-bond donors (Lipinski definition) is 0. The number of aromatic nitrogens is 1. The molecule has 1 heterocycles. The van der Waals surface area contributed by atoms with Gasteiger partial charge in [-0.1, -0.05) is 0 Å². The van der Waals surface area contributed by atoms with Gasteiger partial charge in [-0.25, -0.2) is 8.78 Å². The Morgan fingerprint density at radius 3 is 2.67 bits per heavy atom. The number of pyridine rings is 1. The van der Waals surface area contributed by atoms with Gasteiger partial charge in [0.25, 0.3) is 6.43 Å². The maximum Gasteiger partial charge on any atom is 0.377 e. The van der Waals surface area contributed by atoms with E-state index in [0.29, 0.717) is 0 Å². The second-order valence-corrected chi connectivity index (χ2v) is 3.95. The first-order valence-corrected chi connectivity index (χ1v) is 5.26. The fraction of sp³-hybridized carbons (Fsp3) is 0.286. The zero-order chi connectivity index (χ0) is 11.6. The van der Waals surface area contributed by atoms with E-state index < -0.39 is 17.2 Å².